The van der Waals surface area contributed by atoms with Crippen LogP contribution in [0.1, 0.15) is 109 Å². The molecule has 73 heavy (non-hydrogen) atoms. The molecule has 13 rings (SSSR count). The first kappa shape index (κ1) is 60.2. The van der Waals surface area contributed by atoms with Gasteiger partial charge in [0, 0.05) is 61.9 Å². The average molecular weight is 1040 g/mol. The van der Waals surface area contributed by atoms with Crippen LogP contribution in [0.25, 0.3) is 89.7 Å². The summed E-state index contributed by atoms with van der Waals surface area (Å²) in [6, 6.07) is 31.8. The van der Waals surface area contributed by atoms with Crippen molar-refractivity contribution in [3.8, 4) is 45.6 Å². The molecule has 3 aromatic heterocycles. The summed E-state index contributed by atoms with van der Waals surface area (Å²) in [5.74, 6) is 2.21. The van der Waals surface area contributed by atoms with Crippen molar-refractivity contribution in [3.63, 3.8) is 0 Å². The third kappa shape index (κ3) is 14.5. The van der Waals surface area contributed by atoms with Crippen molar-refractivity contribution in [3.05, 3.63) is 97.1 Å². The Balaban J connectivity index is 0.000000286. The molecule has 7 aromatic rings. The van der Waals surface area contributed by atoms with Gasteiger partial charge in [0.05, 0.1) is 23.3 Å². The molecule has 0 N–H and O–H groups in total. The molecule has 4 fully saturated rings. The first-order chi connectivity index (χ1) is 33.5. The summed E-state index contributed by atoms with van der Waals surface area (Å²) in [6.45, 7) is 24.7. The van der Waals surface area contributed by atoms with Gasteiger partial charge < -0.3 is 49.5 Å². The van der Waals surface area contributed by atoms with E-state index in [-0.39, 0.29) is 46.8 Å². The summed E-state index contributed by atoms with van der Waals surface area (Å²) in [7, 11) is 0. The third-order valence-corrected chi connectivity index (χ3v) is 13.9. The summed E-state index contributed by atoms with van der Waals surface area (Å²) >= 11 is 0. The Hall–Kier alpha value is -5.40. The van der Waals surface area contributed by atoms with E-state index < -0.39 is 0 Å². The molecule has 9 heterocycles. The van der Waals surface area contributed by atoms with E-state index in [1.54, 1.807) is 0 Å². The van der Waals surface area contributed by atoms with Gasteiger partial charge in [-0.2, -0.15) is 0 Å². The Morgan fingerprint density at radius 2 is 0.507 bits per heavy atom. The van der Waals surface area contributed by atoms with Crippen molar-refractivity contribution in [1.29, 1.82) is 0 Å². The summed E-state index contributed by atoms with van der Waals surface area (Å²) in [5.41, 5.74) is 5.78. The van der Waals surface area contributed by atoms with Crippen molar-refractivity contribution in [2.45, 2.75) is 109 Å². The minimum atomic E-state index is 0. The number of fused-ring (bicyclic) bond motifs is 20. The SMILES string of the molecule is C.C.C.C.CCN1CCCC1.CCN1CCCC1.CCN1CCCC1.CCN1CCCC1.[Cu].c1ccc2c(c1)-c1nc-2nc2[n-]c(nc3nc(nc4[n-]c(n1)c1ccccc41)-c1ccccc1-3)c1ccccc21. The van der Waals surface area contributed by atoms with Crippen LogP contribution in [0, 0.1) is 0 Å². The Morgan fingerprint density at radius 3 is 0.685 bits per heavy atom. The molecule has 6 aliphatic heterocycles. The van der Waals surface area contributed by atoms with Crippen LogP contribution in [-0.2, 0) is 17.1 Å². The zero-order valence-electron chi connectivity index (χ0n) is 41.0. The molecule has 0 unspecified atom stereocenters. The number of nitrogens with zero attached hydrogens (tertiary/aromatic N) is 12. The molecule has 1 radical (unpaired) electrons. The Morgan fingerprint density at radius 1 is 0.315 bits per heavy atom. The van der Waals surface area contributed by atoms with Crippen LogP contribution in [0.3, 0.4) is 0 Å². The van der Waals surface area contributed by atoms with Gasteiger partial charge in [-0.05, 0) is 151 Å². The van der Waals surface area contributed by atoms with Crippen molar-refractivity contribution in [1.82, 2.24) is 59.5 Å². The van der Waals surface area contributed by atoms with E-state index in [0.717, 1.165) is 43.8 Å². The molecular weight excluding hydrogens is 952 g/mol. The van der Waals surface area contributed by atoms with Gasteiger partial charge in [-0.1, -0.05) is 154 Å². The van der Waals surface area contributed by atoms with E-state index >= 15 is 0 Å². The second kappa shape index (κ2) is 29.5. The van der Waals surface area contributed by atoms with Crippen LogP contribution in [0.4, 0.5) is 0 Å². The maximum Gasteiger partial charge on any atom is 0.0927 e. The second-order valence-electron chi connectivity index (χ2n) is 18.2. The van der Waals surface area contributed by atoms with E-state index in [1.807, 2.05) is 97.1 Å². The number of aromatic nitrogens is 8. The molecule has 6 aliphatic rings. The molecule has 397 valence electrons. The van der Waals surface area contributed by atoms with Crippen LogP contribution in [-0.4, -0.2) is 128 Å². The fraction of sp³-hybridized carbons (Fsp3) is 0.467. The van der Waals surface area contributed by atoms with Gasteiger partial charge in [0.1, 0.15) is 0 Å². The molecule has 0 atom stereocenters. The minimum Gasteiger partial charge on any atom is -0.357 e. The molecule has 0 spiro atoms. The smallest absolute Gasteiger partial charge is 0.0927 e. The second-order valence-corrected chi connectivity index (χ2v) is 18.2. The Bertz CT molecular complexity index is 2540. The summed E-state index contributed by atoms with van der Waals surface area (Å²) in [4.78, 5) is 49.2. The van der Waals surface area contributed by atoms with Crippen molar-refractivity contribution in [2.75, 3.05) is 78.5 Å². The summed E-state index contributed by atoms with van der Waals surface area (Å²) in [6.07, 6.45) is 11.4. The van der Waals surface area contributed by atoms with Gasteiger partial charge in [-0.3, -0.25) is 0 Å². The van der Waals surface area contributed by atoms with E-state index in [4.69, 9.17) is 39.9 Å². The zero-order valence-corrected chi connectivity index (χ0v) is 42.0. The maximum atomic E-state index is 4.95. The zero-order chi connectivity index (χ0) is 46.7. The number of benzene rings is 4. The quantitative estimate of drug-likeness (QED) is 0.156. The normalized spacial score (nSPS) is 15.6. The first-order valence-corrected chi connectivity index (χ1v) is 25.5. The molecule has 0 amide bonds. The number of likely N-dealkylation sites (tertiary alicyclic amines) is 4. The van der Waals surface area contributed by atoms with E-state index in [2.05, 4.69) is 47.3 Å². The van der Waals surface area contributed by atoms with Crippen LogP contribution in [0.5, 0.6) is 0 Å². The molecule has 13 heteroatoms. The predicted molar refractivity (Wildman–Crippen MR) is 306 cm³/mol. The van der Waals surface area contributed by atoms with Crippen molar-refractivity contribution < 1.29 is 17.1 Å². The summed E-state index contributed by atoms with van der Waals surface area (Å²) < 4.78 is 0. The third-order valence-electron chi connectivity index (χ3n) is 13.9. The Kier molecular flexibility index (Phi) is 24.3. The Labute approximate surface area is 448 Å². The molecule has 0 aliphatic carbocycles. The van der Waals surface area contributed by atoms with Gasteiger partial charge in [0.2, 0.25) is 0 Å². The molecule has 4 saturated heterocycles. The van der Waals surface area contributed by atoms with Crippen LogP contribution < -0.4 is 9.97 Å². The van der Waals surface area contributed by atoms with Gasteiger partial charge in [0.15, 0.2) is 0 Å². The van der Waals surface area contributed by atoms with E-state index in [1.165, 1.54) is 130 Å². The maximum absolute atomic E-state index is 4.95. The van der Waals surface area contributed by atoms with E-state index in [0.29, 0.717) is 45.9 Å². The topological polar surface area (TPSA) is 119 Å². The average Bonchev–Trinajstić information content (AvgIpc) is 4.26. The molecule has 12 nitrogen and oxygen atoms in total. The largest absolute Gasteiger partial charge is 0.357 e. The fourth-order valence-corrected chi connectivity index (χ4v) is 9.85. The van der Waals surface area contributed by atoms with E-state index in [9.17, 15) is 0 Å². The molecule has 4 aromatic carbocycles. The van der Waals surface area contributed by atoms with Crippen molar-refractivity contribution in [2.24, 2.45) is 0 Å². The standard InChI is InChI=1S/C32H16N8.4C6H13N.4CH4.Cu/c1-2-10-18-17(9-1)25-33-26(18)38-28-21-13-5-6-14-22(21)30(35-28)40-32-24-16-8-7-15-23(24)31(36-32)39-29-20-12-4-3-11-19(20)27(34-29)37-25;4*1-2-7-5-3-4-6-7;;;;;/h1-16H;4*2-6H2,1H3;4*1H4;/q-2;;;;;;;;;. The van der Waals surface area contributed by atoms with Crippen LogP contribution >= 0.6 is 0 Å². The number of hydrogen-bond donors (Lipinski definition) is 0. The predicted octanol–water partition coefficient (Wildman–Crippen LogP) is 13.1. The molecule has 0 saturated carbocycles. The van der Waals surface area contributed by atoms with Gasteiger partial charge in [-0.15, -0.1) is 0 Å². The van der Waals surface area contributed by atoms with Crippen LogP contribution in [0.2, 0.25) is 0 Å². The number of hydrogen-bond acceptors (Lipinski definition) is 10. The molecule has 8 bridgehead atoms. The fourth-order valence-electron chi connectivity index (χ4n) is 9.85. The molecular formula is C60H84CuN12-2. The first-order valence-electron chi connectivity index (χ1n) is 25.5. The summed E-state index contributed by atoms with van der Waals surface area (Å²) in [5, 5.41) is 3.57. The monoisotopic (exact) mass is 1040 g/mol. The minimum absolute atomic E-state index is 0. The van der Waals surface area contributed by atoms with Gasteiger partial charge in [-0.25, -0.2) is 9.97 Å². The number of rotatable bonds is 4. The van der Waals surface area contributed by atoms with Crippen molar-refractivity contribution >= 4 is 44.1 Å². The van der Waals surface area contributed by atoms with Gasteiger partial charge in [0.25, 0.3) is 0 Å². The van der Waals surface area contributed by atoms with Crippen LogP contribution in [0.15, 0.2) is 97.1 Å². The van der Waals surface area contributed by atoms with Gasteiger partial charge >= 0.3 is 0 Å².